The predicted octanol–water partition coefficient (Wildman–Crippen LogP) is 2.33. The molecule has 1 aliphatic rings. The molecule has 0 N–H and O–H groups in total. The van der Waals surface area contributed by atoms with E-state index in [-0.39, 0.29) is 0 Å². The standard InChI is InChI=1S/C8H8BrN/c9-8-5-7(8)6-1-3-10-4-2-6/h1-4,7-8H,5H2. The number of hydrogen-bond donors (Lipinski definition) is 0. The van der Waals surface area contributed by atoms with E-state index < -0.39 is 0 Å². The van der Waals surface area contributed by atoms with Crippen LogP contribution >= 0.6 is 15.9 Å². The zero-order valence-corrected chi connectivity index (χ0v) is 7.08. The van der Waals surface area contributed by atoms with Gasteiger partial charge in [0.05, 0.1) is 0 Å². The van der Waals surface area contributed by atoms with Gasteiger partial charge in [0.1, 0.15) is 0 Å². The Morgan fingerprint density at radius 2 is 2.00 bits per heavy atom. The summed E-state index contributed by atoms with van der Waals surface area (Å²) in [4.78, 5) is 4.68. The second-order valence-electron chi connectivity index (χ2n) is 2.64. The maximum absolute atomic E-state index is 3.97. The molecule has 1 aromatic heterocycles. The average molecular weight is 198 g/mol. The van der Waals surface area contributed by atoms with E-state index in [1.165, 1.54) is 12.0 Å². The van der Waals surface area contributed by atoms with Gasteiger partial charge < -0.3 is 0 Å². The first-order valence-electron chi connectivity index (χ1n) is 3.42. The average Bonchev–Trinajstić information content (AvgIpc) is 2.69. The number of pyridine rings is 1. The van der Waals surface area contributed by atoms with Crippen molar-refractivity contribution in [2.75, 3.05) is 0 Å². The van der Waals surface area contributed by atoms with Gasteiger partial charge in [0, 0.05) is 17.2 Å². The topological polar surface area (TPSA) is 12.9 Å². The molecule has 2 unspecified atom stereocenters. The third-order valence-corrected chi connectivity index (χ3v) is 2.86. The maximum Gasteiger partial charge on any atom is 0.0270 e. The van der Waals surface area contributed by atoms with Gasteiger partial charge in [-0.2, -0.15) is 0 Å². The molecule has 1 saturated carbocycles. The molecular weight excluding hydrogens is 190 g/mol. The molecule has 10 heavy (non-hydrogen) atoms. The van der Waals surface area contributed by atoms with Crippen LogP contribution in [0.2, 0.25) is 0 Å². The Balaban J connectivity index is 2.20. The molecule has 0 spiro atoms. The van der Waals surface area contributed by atoms with Crippen molar-refractivity contribution in [1.82, 2.24) is 4.98 Å². The smallest absolute Gasteiger partial charge is 0.0270 e. The summed E-state index contributed by atoms with van der Waals surface area (Å²) in [5, 5.41) is 0. The molecule has 2 rings (SSSR count). The highest BCUT2D eigenvalue weighted by Gasteiger charge is 2.35. The Morgan fingerprint density at radius 1 is 1.40 bits per heavy atom. The van der Waals surface area contributed by atoms with Gasteiger partial charge in [-0.3, -0.25) is 4.98 Å². The van der Waals surface area contributed by atoms with Gasteiger partial charge in [-0.25, -0.2) is 0 Å². The fourth-order valence-corrected chi connectivity index (χ4v) is 1.83. The van der Waals surface area contributed by atoms with Crippen molar-refractivity contribution < 1.29 is 0 Å². The van der Waals surface area contributed by atoms with Crippen molar-refractivity contribution >= 4 is 15.9 Å². The van der Waals surface area contributed by atoms with E-state index in [0.29, 0.717) is 0 Å². The van der Waals surface area contributed by atoms with Crippen LogP contribution in [-0.2, 0) is 0 Å². The second kappa shape index (κ2) is 2.35. The van der Waals surface area contributed by atoms with Crippen LogP contribution in [0, 0.1) is 0 Å². The van der Waals surface area contributed by atoms with Crippen LogP contribution in [0.15, 0.2) is 24.5 Å². The van der Waals surface area contributed by atoms with Crippen LogP contribution in [0.25, 0.3) is 0 Å². The minimum absolute atomic E-state index is 0.718. The largest absolute Gasteiger partial charge is 0.265 e. The van der Waals surface area contributed by atoms with Crippen LogP contribution in [0.4, 0.5) is 0 Å². The third-order valence-electron chi connectivity index (χ3n) is 1.85. The number of halogens is 1. The first-order chi connectivity index (χ1) is 4.88. The van der Waals surface area contributed by atoms with E-state index in [1.54, 1.807) is 0 Å². The quantitative estimate of drug-likeness (QED) is 0.631. The van der Waals surface area contributed by atoms with E-state index in [2.05, 4.69) is 33.0 Å². The highest BCUT2D eigenvalue weighted by Crippen LogP contribution is 2.46. The fourth-order valence-electron chi connectivity index (χ4n) is 1.12. The summed E-state index contributed by atoms with van der Waals surface area (Å²) in [5.74, 6) is 0.753. The van der Waals surface area contributed by atoms with Gasteiger partial charge in [0.2, 0.25) is 0 Å². The normalized spacial score (nSPS) is 30.1. The molecule has 0 aliphatic heterocycles. The van der Waals surface area contributed by atoms with E-state index in [9.17, 15) is 0 Å². The Bertz CT molecular complexity index is 222. The number of nitrogens with zero attached hydrogens (tertiary/aromatic N) is 1. The lowest BCUT2D eigenvalue weighted by atomic mass is 10.2. The van der Waals surface area contributed by atoms with Gasteiger partial charge in [-0.05, 0) is 30.0 Å². The Hall–Kier alpha value is -0.370. The third kappa shape index (κ3) is 1.08. The molecule has 1 aromatic rings. The lowest BCUT2D eigenvalue weighted by Crippen LogP contribution is -1.80. The molecule has 2 heteroatoms. The molecular formula is C8H8BrN. The molecule has 0 saturated heterocycles. The molecule has 0 amide bonds. The minimum atomic E-state index is 0.718. The van der Waals surface area contributed by atoms with Crippen molar-refractivity contribution in [3.8, 4) is 0 Å². The molecule has 2 atom stereocenters. The van der Waals surface area contributed by atoms with Crippen molar-refractivity contribution in [2.45, 2.75) is 17.2 Å². The molecule has 0 bridgehead atoms. The van der Waals surface area contributed by atoms with Crippen LogP contribution in [0.3, 0.4) is 0 Å². The summed E-state index contributed by atoms with van der Waals surface area (Å²) < 4.78 is 0. The number of rotatable bonds is 1. The monoisotopic (exact) mass is 197 g/mol. The highest BCUT2D eigenvalue weighted by atomic mass is 79.9. The Morgan fingerprint density at radius 3 is 2.50 bits per heavy atom. The van der Waals surface area contributed by atoms with Crippen molar-refractivity contribution in [3.05, 3.63) is 30.1 Å². The lowest BCUT2D eigenvalue weighted by molar-refractivity contribution is 1.12. The number of alkyl halides is 1. The van der Waals surface area contributed by atoms with Crippen molar-refractivity contribution in [1.29, 1.82) is 0 Å². The SMILES string of the molecule is BrC1CC1c1ccncc1. The van der Waals surface area contributed by atoms with Gasteiger partial charge in [-0.1, -0.05) is 15.9 Å². The van der Waals surface area contributed by atoms with Gasteiger partial charge in [-0.15, -0.1) is 0 Å². The molecule has 1 aliphatic carbocycles. The summed E-state index contributed by atoms with van der Waals surface area (Å²) >= 11 is 3.56. The molecule has 0 radical (unpaired) electrons. The molecule has 52 valence electrons. The molecule has 0 aromatic carbocycles. The zero-order chi connectivity index (χ0) is 6.97. The molecule has 1 nitrogen and oxygen atoms in total. The zero-order valence-electron chi connectivity index (χ0n) is 5.50. The van der Waals surface area contributed by atoms with E-state index in [0.717, 1.165) is 10.7 Å². The van der Waals surface area contributed by atoms with E-state index in [1.807, 2.05) is 12.4 Å². The maximum atomic E-state index is 3.97. The van der Waals surface area contributed by atoms with Crippen LogP contribution < -0.4 is 0 Å². The van der Waals surface area contributed by atoms with Gasteiger partial charge in [0.25, 0.3) is 0 Å². The minimum Gasteiger partial charge on any atom is -0.265 e. The van der Waals surface area contributed by atoms with Crippen LogP contribution in [0.1, 0.15) is 17.9 Å². The fraction of sp³-hybridized carbons (Fsp3) is 0.375. The first-order valence-corrected chi connectivity index (χ1v) is 4.33. The number of aromatic nitrogens is 1. The summed E-state index contributed by atoms with van der Waals surface area (Å²) in [7, 11) is 0. The summed E-state index contributed by atoms with van der Waals surface area (Å²) in [6.45, 7) is 0. The van der Waals surface area contributed by atoms with Crippen molar-refractivity contribution in [3.63, 3.8) is 0 Å². The van der Waals surface area contributed by atoms with Gasteiger partial charge in [0.15, 0.2) is 0 Å². The van der Waals surface area contributed by atoms with Crippen molar-refractivity contribution in [2.24, 2.45) is 0 Å². The van der Waals surface area contributed by atoms with Crippen LogP contribution in [-0.4, -0.2) is 9.81 Å². The summed E-state index contributed by atoms with van der Waals surface area (Å²) in [5.41, 5.74) is 1.41. The van der Waals surface area contributed by atoms with Gasteiger partial charge >= 0.3 is 0 Å². The Labute approximate surface area is 68.6 Å². The van der Waals surface area contributed by atoms with E-state index in [4.69, 9.17) is 0 Å². The molecule has 1 fully saturated rings. The first kappa shape index (κ1) is 6.35. The summed E-state index contributed by atoms with van der Waals surface area (Å²) in [6, 6.07) is 4.18. The number of hydrogen-bond acceptors (Lipinski definition) is 1. The predicted molar refractivity (Wildman–Crippen MR) is 44.3 cm³/mol. The second-order valence-corrected chi connectivity index (χ2v) is 3.81. The summed E-state index contributed by atoms with van der Waals surface area (Å²) in [6.07, 6.45) is 4.99. The Kier molecular flexibility index (Phi) is 1.49. The lowest BCUT2D eigenvalue weighted by Gasteiger charge is -1.93. The highest BCUT2D eigenvalue weighted by molar-refractivity contribution is 9.09. The van der Waals surface area contributed by atoms with Crippen LogP contribution in [0.5, 0.6) is 0 Å². The molecule has 1 heterocycles. The van der Waals surface area contributed by atoms with E-state index >= 15 is 0 Å².